The SMILES string of the molecule is CCCNc1nnc(SCC(=O)NCC(=O)Nc2ccc(F)cc2)s1. The highest BCUT2D eigenvalue weighted by atomic mass is 32.2. The molecule has 7 nitrogen and oxygen atoms in total. The van der Waals surface area contributed by atoms with E-state index < -0.39 is 0 Å². The number of carbonyl (C=O) groups is 2. The van der Waals surface area contributed by atoms with E-state index in [0.717, 1.165) is 18.1 Å². The molecule has 1 heterocycles. The van der Waals surface area contributed by atoms with Crippen molar-refractivity contribution in [3.05, 3.63) is 30.1 Å². The van der Waals surface area contributed by atoms with Crippen molar-refractivity contribution in [1.29, 1.82) is 0 Å². The van der Waals surface area contributed by atoms with Crippen LogP contribution in [0, 0.1) is 5.82 Å². The second kappa shape index (κ2) is 9.94. The average molecular weight is 383 g/mol. The smallest absolute Gasteiger partial charge is 0.243 e. The van der Waals surface area contributed by atoms with Crippen LogP contribution in [0.25, 0.3) is 0 Å². The molecule has 10 heteroatoms. The molecule has 0 bridgehead atoms. The molecule has 1 aromatic carbocycles. The molecule has 0 aliphatic heterocycles. The van der Waals surface area contributed by atoms with E-state index in [1.165, 1.54) is 47.4 Å². The molecular formula is C15H18FN5O2S2. The molecule has 2 aromatic rings. The molecule has 2 rings (SSSR count). The Morgan fingerprint density at radius 3 is 2.68 bits per heavy atom. The van der Waals surface area contributed by atoms with Crippen LogP contribution in [0.3, 0.4) is 0 Å². The Morgan fingerprint density at radius 1 is 1.20 bits per heavy atom. The van der Waals surface area contributed by atoms with E-state index in [1.54, 1.807) is 0 Å². The summed E-state index contributed by atoms with van der Waals surface area (Å²) in [5.41, 5.74) is 0.469. The van der Waals surface area contributed by atoms with E-state index in [1.807, 2.05) is 0 Å². The Kier molecular flexibility index (Phi) is 7.61. The van der Waals surface area contributed by atoms with Gasteiger partial charge in [0.1, 0.15) is 5.82 Å². The summed E-state index contributed by atoms with van der Waals surface area (Å²) in [6.07, 6.45) is 0.991. The minimum atomic E-state index is -0.382. The second-order valence-electron chi connectivity index (χ2n) is 4.92. The van der Waals surface area contributed by atoms with Crippen LogP contribution < -0.4 is 16.0 Å². The maximum atomic E-state index is 12.8. The molecule has 3 N–H and O–H groups in total. The minimum Gasteiger partial charge on any atom is -0.360 e. The third-order valence-electron chi connectivity index (χ3n) is 2.83. The van der Waals surface area contributed by atoms with Crippen molar-refractivity contribution in [1.82, 2.24) is 15.5 Å². The number of aromatic nitrogens is 2. The largest absolute Gasteiger partial charge is 0.360 e. The van der Waals surface area contributed by atoms with Crippen molar-refractivity contribution >= 4 is 45.7 Å². The lowest BCUT2D eigenvalue weighted by atomic mass is 10.3. The van der Waals surface area contributed by atoms with Crippen LogP contribution in [0.2, 0.25) is 0 Å². The van der Waals surface area contributed by atoms with Gasteiger partial charge in [0.25, 0.3) is 0 Å². The van der Waals surface area contributed by atoms with Gasteiger partial charge in [0.2, 0.25) is 16.9 Å². The lowest BCUT2D eigenvalue weighted by Crippen LogP contribution is -2.33. The maximum absolute atomic E-state index is 12.8. The van der Waals surface area contributed by atoms with Gasteiger partial charge in [0.05, 0.1) is 12.3 Å². The molecule has 1 aromatic heterocycles. The van der Waals surface area contributed by atoms with Gasteiger partial charge >= 0.3 is 0 Å². The number of nitrogens with one attached hydrogen (secondary N) is 3. The summed E-state index contributed by atoms with van der Waals surface area (Å²) in [5, 5.41) is 16.9. The molecule has 25 heavy (non-hydrogen) atoms. The van der Waals surface area contributed by atoms with Gasteiger partial charge in [-0.3, -0.25) is 9.59 Å². The number of benzene rings is 1. The fraction of sp³-hybridized carbons (Fsp3) is 0.333. The molecule has 0 saturated carbocycles. The predicted octanol–water partition coefficient (Wildman–Crippen LogP) is 2.35. The van der Waals surface area contributed by atoms with Crippen LogP contribution in [0.1, 0.15) is 13.3 Å². The third-order valence-corrected chi connectivity index (χ3v) is 4.85. The van der Waals surface area contributed by atoms with Crippen molar-refractivity contribution in [3.8, 4) is 0 Å². The van der Waals surface area contributed by atoms with Gasteiger partial charge in [-0.1, -0.05) is 30.0 Å². The summed E-state index contributed by atoms with van der Waals surface area (Å²) in [4.78, 5) is 23.5. The molecule has 0 aliphatic carbocycles. The summed E-state index contributed by atoms with van der Waals surface area (Å²) in [7, 11) is 0. The van der Waals surface area contributed by atoms with Crippen LogP contribution in [0.15, 0.2) is 28.6 Å². The summed E-state index contributed by atoms with van der Waals surface area (Å²) >= 11 is 2.64. The fourth-order valence-electron chi connectivity index (χ4n) is 1.67. The number of hydrogen-bond acceptors (Lipinski definition) is 7. The molecule has 0 atom stereocenters. The summed E-state index contributed by atoms with van der Waals surface area (Å²) in [6.45, 7) is 2.72. The van der Waals surface area contributed by atoms with Gasteiger partial charge in [-0.05, 0) is 30.7 Å². The van der Waals surface area contributed by atoms with Crippen LogP contribution in [0.4, 0.5) is 15.2 Å². The highest BCUT2D eigenvalue weighted by Crippen LogP contribution is 2.25. The first-order valence-corrected chi connectivity index (χ1v) is 9.39. The fourth-order valence-corrected chi connectivity index (χ4v) is 3.27. The first kappa shape index (κ1) is 19.1. The summed E-state index contributed by atoms with van der Waals surface area (Å²) in [6, 6.07) is 5.39. The zero-order chi connectivity index (χ0) is 18.1. The maximum Gasteiger partial charge on any atom is 0.243 e. The number of rotatable bonds is 9. The number of carbonyl (C=O) groups excluding carboxylic acids is 2. The van der Waals surface area contributed by atoms with Crippen LogP contribution in [0.5, 0.6) is 0 Å². The number of anilines is 2. The minimum absolute atomic E-state index is 0.145. The van der Waals surface area contributed by atoms with Gasteiger partial charge in [-0.15, -0.1) is 10.2 Å². The standard InChI is InChI=1S/C15H18FN5O2S2/c1-2-7-17-14-20-21-15(25-14)24-9-13(23)18-8-12(22)19-11-5-3-10(16)4-6-11/h3-6H,2,7-9H2,1H3,(H,17,20)(H,18,23)(H,19,22). The third kappa shape index (κ3) is 7.06. The molecule has 2 amide bonds. The molecule has 0 aliphatic rings. The van der Waals surface area contributed by atoms with Crippen molar-refractivity contribution in [2.24, 2.45) is 0 Å². The number of halogens is 1. The average Bonchev–Trinajstić information content (AvgIpc) is 3.06. The zero-order valence-electron chi connectivity index (χ0n) is 13.5. The van der Waals surface area contributed by atoms with Crippen molar-refractivity contribution in [2.75, 3.05) is 29.5 Å². The van der Waals surface area contributed by atoms with Gasteiger partial charge in [0, 0.05) is 12.2 Å². The van der Waals surface area contributed by atoms with Crippen molar-refractivity contribution in [3.63, 3.8) is 0 Å². The number of amides is 2. The van der Waals surface area contributed by atoms with Crippen molar-refractivity contribution in [2.45, 2.75) is 17.7 Å². The number of hydrogen-bond donors (Lipinski definition) is 3. The first-order chi connectivity index (χ1) is 12.1. The van der Waals surface area contributed by atoms with Crippen LogP contribution in [-0.4, -0.2) is 40.9 Å². The number of thioether (sulfide) groups is 1. The topological polar surface area (TPSA) is 96.0 Å². The lowest BCUT2D eigenvalue weighted by Gasteiger charge is -2.06. The monoisotopic (exact) mass is 383 g/mol. The van der Waals surface area contributed by atoms with E-state index >= 15 is 0 Å². The Bertz CT molecular complexity index is 708. The zero-order valence-corrected chi connectivity index (χ0v) is 15.2. The summed E-state index contributed by atoms with van der Waals surface area (Å²) in [5.74, 6) is -0.899. The normalized spacial score (nSPS) is 10.3. The highest BCUT2D eigenvalue weighted by Gasteiger charge is 2.09. The first-order valence-electron chi connectivity index (χ1n) is 7.59. The van der Waals surface area contributed by atoms with E-state index in [2.05, 4.69) is 33.1 Å². The van der Waals surface area contributed by atoms with Crippen molar-refractivity contribution < 1.29 is 14.0 Å². The molecule has 0 unspecified atom stereocenters. The molecule has 134 valence electrons. The Hall–Kier alpha value is -2.20. The van der Waals surface area contributed by atoms with E-state index in [-0.39, 0.29) is 29.9 Å². The Morgan fingerprint density at radius 2 is 1.96 bits per heavy atom. The van der Waals surface area contributed by atoms with E-state index in [0.29, 0.717) is 10.0 Å². The molecule has 0 saturated heterocycles. The molecular weight excluding hydrogens is 365 g/mol. The van der Waals surface area contributed by atoms with Gasteiger partial charge in [0.15, 0.2) is 4.34 Å². The predicted molar refractivity (Wildman–Crippen MR) is 97.5 cm³/mol. The van der Waals surface area contributed by atoms with Crippen LogP contribution >= 0.6 is 23.1 Å². The summed E-state index contributed by atoms with van der Waals surface area (Å²) < 4.78 is 13.5. The molecule has 0 spiro atoms. The Balaban J connectivity index is 1.67. The second-order valence-corrected chi connectivity index (χ2v) is 7.12. The molecule has 0 fully saturated rings. The van der Waals surface area contributed by atoms with Gasteiger partial charge in [-0.25, -0.2) is 4.39 Å². The number of nitrogens with zero attached hydrogens (tertiary/aromatic N) is 2. The Labute approximate surface area is 152 Å². The van der Waals surface area contributed by atoms with E-state index in [9.17, 15) is 14.0 Å². The molecule has 0 radical (unpaired) electrons. The quantitative estimate of drug-likeness (QED) is 0.575. The van der Waals surface area contributed by atoms with E-state index in [4.69, 9.17) is 0 Å². The van der Waals surface area contributed by atoms with Gasteiger partial charge < -0.3 is 16.0 Å². The van der Waals surface area contributed by atoms with Crippen LogP contribution in [-0.2, 0) is 9.59 Å². The van der Waals surface area contributed by atoms with Gasteiger partial charge in [-0.2, -0.15) is 0 Å². The highest BCUT2D eigenvalue weighted by molar-refractivity contribution is 8.01. The lowest BCUT2D eigenvalue weighted by molar-refractivity contribution is -0.122.